The molecule has 18 heavy (non-hydrogen) atoms. The second-order valence-corrected chi connectivity index (χ2v) is 5.43. The van der Waals surface area contributed by atoms with E-state index in [0.717, 1.165) is 18.4 Å². The van der Waals surface area contributed by atoms with Gasteiger partial charge in [-0.25, -0.2) is 4.57 Å². The van der Waals surface area contributed by atoms with Crippen LogP contribution < -0.4 is 0 Å². The van der Waals surface area contributed by atoms with Gasteiger partial charge >= 0.3 is 7.60 Å². The molecule has 0 saturated carbocycles. The van der Waals surface area contributed by atoms with Crippen molar-refractivity contribution in [3.63, 3.8) is 0 Å². The van der Waals surface area contributed by atoms with Gasteiger partial charge in [0.05, 0.1) is 0 Å². The quantitative estimate of drug-likeness (QED) is 0.504. The standard InChI is InChI=1S/C13H14ClO3P/c14-13-9-7-12(8-10-13)6-4-2-1-3-5-11-18(15,16)17/h4,6-10H,1-3H2,(H2,15,16,17). The maximum absolute atomic E-state index is 10.4. The SMILES string of the molecule is O=P(O)(O)C#CCCCC=Cc1ccc(Cl)cc1. The monoisotopic (exact) mass is 284 g/mol. The van der Waals surface area contributed by atoms with Gasteiger partial charge in [0.15, 0.2) is 0 Å². The summed E-state index contributed by atoms with van der Waals surface area (Å²) >= 11 is 5.76. The number of hydrogen-bond donors (Lipinski definition) is 2. The van der Waals surface area contributed by atoms with Gasteiger partial charge in [0.1, 0.15) is 0 Å². The molecule has 0 radical (unpaired) electrons. The Morgan fingerprint density at radius 1 is 1.28 bits per heavy atom. The molecule has 0 aliphatic carbocycles. The van der Waals surface area contributed by atoms with Gasteiger partial charge in [0.25, 0.3) is 0 Å². The first-order valence-corrected chi connectivity index (χ1v) is 7.44. The van der Waals surface area contributed by atoms with Crippen molar-refractivity contribution < 1.29 is 14.4 Å². The largest absolute Gasteiger partial charge is 0.400 e. The summed E-state index contributed by atoms with van der Waals surface area (Å²) in [5.41, 5.74) is 2.98. The minimum Gasteiger partial charge on any atom is -0.315 e. The molecule has 0 amide bonds. The van der Waals surface area contributed by atoms with Crippen LogP contribution in [0.25, 0.3) is 6.08 Å². The Labute approximate surface area is 112 Å². The highest BCUT2D eigenvalue weighted by Gasteiger charge is 2.04. The molecule has 0 spiro atoms. The van der Waals surface area contributed by atoms with Crippen LogP contribution in [0.3, 0.4) is 0 Å². The van der Waals surface area contributed by atoms with Crippen LogP contribution in [0, 0.1) is 11.6 Å². The molecule has 3 nitrogen and oxygen atoms in total. The molecule has 1 rings (SSSR count). The van der Waals surface area contributed by atoms with Crippen molar-refractivity contribution in [2.75, 3.05) is 0 Å². The second-order valence-electron chi connectivity index (χ2n) is 3.68. The smallest absolute Gasteiger partial charge is 0.315 e. The van der Waals surface area contributed by atoms with Gasteiger partial charge < -0.3 is 9.79 Å². The van der Waals surface area contributed by atoms with Crippen LogP contribution in [-0.4, -0.2) is 9.79 Å². The maximum atomic E-state index is 10.4. The lowest BCUT2D eigenvalue weighted by Gasteiger charge is -1.93. The van der Waals surface area contributed by atoms with E-state index in [4.69, 9.17) is 21.4 Å². The lowest BCUT2D eigenvalue weighted by atomic mass is 10.1. The van der Waals surface area contributed by atoms with E-state index in [9.17, 15) is 4.57 Å². The van der Waals surface area contributed by atoms with Crippen molar-refractivity contribution in [1.29, 1.82) is 0 Å². The molecule has 0 aromatic heterocycles. The molecule has 0 bridgehead atoms. The van der Waals surface area contributed by atoms with Crippen molar-refractivity contribution in [1.82, 2.24) is 0 Å². The van der Waals surface area contributed by atoms with Gasteiger partial charge in [-0.3, -0.25) is 0 Å². The van der Waals surface area contributed by atoms with Gasteiger partial charge in [-0.05, 0) is 30.5 Å². The zero-order valence-electron chi connectivity index (χ0n) is 9.71. The molecule has 0 unspecified atom stereocenters. The van der Waals surface area contributed by atoms with Gasteiger partial charge in [0, 0.05) is 17.1 Å². The Kier molecular flexibility index (Phi) is 6.18. The number of halogens is 1. The molecule has 96 valence electrons. The third-order valence-electron chi connectivity index (χ3n) is 2.08. The lowest BCUT2D eigenvalue weighted by Crippen LogP contribution is -1.73. The summed E-state index contributed by atoms with van der Waals surface area (Å²) in [6, 6.07) is 7.50. The topological polar surface area (TPSA) is 57.5 Å². The Morgan fingerprint density at radius 3 is 2.56 bits per heavy atom. The molecule has 0 heterocycles. The number of rotatable bonds is 4. The van der Waals surface area contributed by atoms with Gasteiger partial charge in [-0.15, -0.1) is 0 Å². The Hall–Kier alpha value is -1.04. The molecule has 5 heteroatoms. The molecule has 2 N–H and O–H groups in total. The summed E-state index contributed by atoms with van der Waals surface area (Å²) < 4.78 is 10.4. The van der Waals surface area contributed by atoms with Crippen LogP contribution in [0.4, 0.5) is 0 Å². The fourth-order valence-corrected chi connectivity index (χ4v) is 1.70. The third kappa shape index (κ3) is 7.32. The summed E-state index contributed by atoms with van der Waals surface area (Å²) in [4.78, 5) is 17.0. The van der Waals surface area contributed by atoms with Gasteiger partial charge in [-0.2, -0.15) is 0 Å². The van der Waals surface area contributed by atoms with Crippen LogP contribution in [-0.2, 0) is 4.57 Å². The van der Waals surface area contributed by atoms with Crippen molar-refractivity contribution in [2.45, 2.75) is 19.3 Å². The molecule has 1 aromatic carbocycles. The Balaban J connectivity index is 2.27. The summed E-state index contributed by atoms with van der Waals surface area (Å²) in [5.74, 6) is 2.47. The highest BCUT2D eigenvalue weighted by molar-refractivity contribution is 7.57. The molecular weight excluding hydrogens is 271 g/mol. The van der Waals surface area contributed by atoms with Crippen LogP contribution >= 0.6 is 19.2 Å². The minimum atomic E-state index is -4.17. The molecule has 0 saturated heterocycles. The Bertz CT molecular complexity index is 505. The summed E-state index contributed by atoms with van der Waals surface area (Å²) in [6.45, 7) is 0. The average molecular weight is 285 g/mol. The van der Waals surface area contributed by atoms with Crippen molar-refractivity contribution in [2.24, 2.45) is 0 Å². The summed E-state index contributed by atoms with van der Waals surface area (Å²) in [5, 5.41) is 0.708. The van der Waals surface area contributed by atoms with Crippen molar-refractivity contribution in [3.8, 4) is 11.6 Å². The average Bonchev–Trinajstić information content (AvgIpc) is 2.29. The molecule has 0 aliphatic rings. The summed E-state index contributed by atoms with van der Waals surface area (Å²) in [6.07, 6.45) is 6.06. The van der Waals surface area contributed by atoms with Crippen LogP contribution in [0.5, 0.6) is 0 Å². The molecule has 1 aromatic rings. The molecule has 0 aliphatic heterocycles. The zero-order chi connectivity index (χ0) is 13.4. The molecule has 0 atom stereocenters. The first-order chi connectivity index (χ1) is 8.47. The molecular formula is C13H14ClO3P. The van der Waals surface area contributed by atoms with E-state index in [2.05, 4.69) is 5.92 Å². The number of hydrogen-bond acceptors (Lipinski definition) is 1. The zero-order valence-corrected chi connectivity index (χ0v) is 11.4. The van der Waals surface area contributed by atoms with E-state index in [-0.39, 0.29) is 0 Å². The van der Waals surface area contributed by atoms with Crippen LogP contribution in [0.15, 0.2) is 30.3 Å². The normalized spacial score (nSPS) is 11.3. The van der Waals surface area contributed by atoms with Crippen LogP contribution in [0.2, 0.25) is 5.02 Å². The number of benzene rings is 1. The maximum Gasteiger partial charge on any atom is 0.400 e. The fourth-order valence-electron chi connectivity index (χ4n) is 1.26. The first kappa shape index (κ1) is 15.0. The third-order valence-corrected chi connectivity index (χ3v) is 2.78. The van der Waals surface area contributed by atoms with Gasteiger partial charge in [-0.1, -0.05) is 41.8 Å². The predicted octanol–water partition coefficient (Wildman–Crippen LogP) is 3.66. The van der Waals surface area contributed by atoms with E-state index in [1.54, 1.807) is 0 Å². The highest BCUT2D eigenvalue weighted by atomic mass is 35.5. The molecule has 0 fully saturated rings. The fraction of sp³-hybridized carbons (Fsp3) is 0.231. The van der Waals surface area contributed by atoms with E-state index < -0.39 is 7.60 Å². The Morgan fingerprint density at radius 2 is 1.94 bits per heavy atom. The van der Waals surface area contributed by atoms with Crippen molar-refractivity contribution in [3.05, 3.63) is 40.9 Å². The number of unbranched alkanes of at least 4 members (excludes halogenated alkanes) is 2. The van der Waals surface area contributed by atoms with E-state index in [0.29, 0.717) is 11.4 Å². The first-order valence-electron chi connectivity index (χ1n) is 5.45. The lowest BCUT2D eigenvalue weighted by molar-refractivity contribution is 0.388. The van der Waals surface area contributed by atoms with E-state index >= 15 is 0 Å². The van der Waals surface area contributed by atoms with E-state index in [1.165, 1.54) is 0 Å². The van der Waals surface area contributed by atoms with Gasteiger partial charge in [0.2, 0.25) is 0 Å². The van der Waals surface area contributed by atoms with Crippen molar-refractivity contribution >= 4 is 25.3 Å². The van der Waals surface area contributed by atoms with E-state index in [1.807, 2.05) is 42.1 Å². The minimum absolute atomic E-state index is 0.482. The summed E-state index contributed by atoms with van der Waals surface area (Å²) in [7, 11) is -4.17. The predicted molar refractivity (Wildman–Crippen MR) is 74.2 cm³/mol. The second kappa shape index (κ2) is 7.41. The highest BCUT2D eigenvalue weighted by Crippen LogP contribution is 2.31. The number of allylic oxidation sites excluding steroid dienone is 1. The van der Waals surface area contributed by atoms with Crippen LogP contribution in [0.1, 0.15) is 24.8 Å².